The highest BCUT2D eigenvalue weighted by Crippen LogP contribution is 2.28. The summed E-state index contributed by atoms with van der Waals surface area (Å²) in [5.74, 6) is 0.206. The standard InChI is InChI=1S/C29H42N4O5/c1-20-18-33(21(2)19-34)28(35)25-16-24(32-29(36)31-23-11-6-5-7-12-23)13-14-26(25)38-22(3)10-8-9-15-37-27(20)17-30-4/h5-7,11-14,16,20-22,27,30,34H,8-10,15,17-19H2,1-4H3,(H2,31,32,36)/t20-,21+,22+,27-/m0/s1. The molecule has 208 valence electrons. The first-order valence-electron chi connectivity index (χ1n) is 13.4. The monoisotopic (exact) mass is 526 g/mol. The van der Waals surface area contributed by atoms with Crippen molar-refractivity contribution in [3.05, 3.63) is 54.1 Å². The average molecular weight is 527 g/mol. The van der Waals surface area contributed by atoms with Gasteiger partial charge in [-0.25, -0.2) is 4.79 Å². The molecule has 0 aromatic heterocycles. The molecule has 9 heteroatoms. The highest BCUT2D eigenvalue weighted by Gasteiger charge is 2.29. The number of para-hydroxylation sites is 1. The second-order valence-electron chi connectivity index (χ2n) is 10.0. The second kappa shape index (κ2) is 14.7. The minimum Gasteiger partial charge on any atom is -0.490 e. The number of carbonyl (C=O) groups excluding carboxylic acids is 2. The molecule has 2 aromatic carbocycles. The van der Waals surface area contributed by atoms with Crippen molar-refractivity contribution in [3.63, 3.8) is 0 Å². The van der Waals surface area contributed by atoms with E-state index in [4.69, 9.17) is 9.47 Å². The summed E-state index contributed by atoms with van der Waals surface area (Å²) in [7, 11) is 1.89. The van der Waals surface area contributed by atoms with Crippen LogP contribution in [-0.2, 0) is 4.74 Å². The van der Waals surface area contributed by atoms with Gasteiger partial charge in [-0.1, -0.05) is 25.1 Å². The van der Waals surface area contributed by atoms with Gasteiger partial charge in [0.15, 0.2) is 0 Å². The van der Waals surface area contributed by atoms with Gasteiger partial charge in [0.25, 0.3) is 5.91 Å². The molecule has 4 atom stereocenters. The molecule has 0 fully saturated rings. The maximum atomic E-state index is 14.0. The topological polar surface area (TPSA) is 112 Å². The molecule has 0 aliphatic carbocycles. The summed E-state index contributed by atoms with van der Waals surface area (Å²) in [5, 5.41) is 18.8. The van der Waals surface area contributed by atoms with Crippen LogP contribution >= 0.6 is 0 Å². The van der Waals surface area contributed by atoms with Crippen LogP contribution in [0.5, 0.6) is 5.75 Å². The number of carbonyl (C=O) groups is 2. The Morgan fingerprint density at radius 3 is 2.55 bits per heavy atom. The van der Waals surface area contributed by atoms with Crippen molar-refractivity contribution >= 4 is 23.3 Å². The van der Waals surface area contributed by atoms with Crippen LogP contribution in [-0.4, -0.2) is 73.5 Å². The zero-order valence-corrected chi connectivity index (χ0v) is 22.9. The van der Waals surface area contributed by atoms with E-state index in [0.717, 1.165) is 19.3 Å². The minimum atomic E-state index is -0.420. The first-order valence-corrected chi connectivity index (χ1v) is 13.4. The number of aliphatic hydroxyl groups is 1. The summed E-state index contributed by atoms with van der Waals surface area (Å²) in [4.78, 5) is 28.3. The van der Waals surface area contributed by atoms with E-state index in [1.54, 1.807) is 35.2 Å². The Morgan fingerprint density at radius 1 is 1.11 bits per heavy atom. The number of urea groups is 1. The minimum absolute atomic E-state index is 0.0181. The zero-order valence-electron chi connectivity index (χ0n) is 22.9. The van der Waals surface area contributed by atoms with Crippen LogP contribution in [0.25, 0.3) is 0 Å². The van der Waals surface area contributed by atoms with Gasteiger partial charge in [0.1, 0.15) is 5.75 Å². The Balaban J connectivity index is 1.93. The van der Waals surface area contributed by atoms with Gasteiger partial charge in [-0.05, 0) is 70.5 Å². The zero-order chi connectivity index (χ0) is 27.5. The lowest BCUT2D eigenvalue weighted by molar-refractivity contribution is -0.000450. The average Bonchev–Trinajstić information content (AvgIpc) is 2.90. The Kier molecular flexibility index (Phi) is 11.4. The molecule has 4 N–H and O–H groups in total. The summed E-state index contributed by atoms with van der Waals surface area (Å²) in [6.45, 7) is 7.39. The van der Waals surface area contributed by atoms with Crippen LogP contribution in [0.4, 0.5) is 16.2 Å². The Morgan fingerprint density at radius 2 is 1.84 bits per heavy atom. The van der Waals surface area contributed by atoms with Crippen molar-refractivity contribution in [3.8, 4) is 5.75 Å². The number of rotatable bonds is 6. The van der Waals surface area contributed by atoms with E-state index in [0.29, 0.717) is 42.4 Å². The molecule has 0 radical (unpaired) electrons. The van der Waals surface area contributed by atoms with Gasteiger partial charge >= 0.3 is 6.03 Å². The van der Waals surface area contributed by atoms with Gasteiger partial charge < -0.3 is 35.4 Å². The number of likely N-dealkylation sites (N-methyl/N-ethyl adjacent to an activating group) is 1. The van der Waals surface area contributed by atoms with Crippen molar-refractivity contribution < 1.29 is 24.2 Å². The van der Waals surface area contributed by atoms with E-state index in [-0.39, 0.29) is 30.6 Å². The Labute approximate surface area is 225 Å². The molecular formula is C29H42N4O5. The van der Waals surface area contributed by atoms with Crippen molar-refractivity contribution in [2.45, 2.75) is 58.3 Å². The number of nitrogens with one attached hydrogen (secondary N) is 3. The molecule has 1 heterocycles. The molecule has 38 heavy (non-hydrogen) atoms. The number of benzene rings is 2. The van der Waals surface area contributed by atoms with Gasteiger partial charge in [-0.2, -0.15) is 0 Å². The smallest absolute Gasteiger partial charge is 0.323 e. The number of amides is 3. The lowest BCUT2D eigenvalue weighted by Crippen LogP contribution is -2.47. The van der Waals surface area contributed by atoms with E-state index in [9.17, 15) is 14.7 Å². The van der Waals surface area contributed by atoms with E-state index in [2.05, 4.69) is 22.9 Å². The van der Waals surface area contributed by atoms with Crippen LogP contribution in [0.1, 0.15) is 50.4 Å². The molecular weight excluding hydrogens is 484 g/mol. The van der Waals surface area contributed by atoms with Crippen LogP contribution in [0.15, 0.2) is 48.5 Å². The first kappa shape index (κ1) is 29.4. The number of ether oxygens (including phenoxy) is 2. The molecule has 3 rings (SSSR count). The quantitative estimate of drug-likeness (QED) is 0.445. The lowest BCUT2D eigenvalue weighted by Gasteiger charge is -2.34. The molecule has 1 aliphatic heterocycles. The number of nitrogens with zero attached hydrogens (tertiary/aromatic N) is 1. The van der Waals surface area contributed by atoms with Crippen LogP contribution in [0, 0.1) is 5.92 Å². The molecule has 0 unspecified atom stereocenters. The molecule has 9 nitrogen and oxygen atoms in total. The van der Waals surface area contributed by atoms with Crippen molar-refractivity contribution in [2.24, 2.45) is 5.92 Å². The summed E-state index contributed by atoms with van der Waals surface area (Å²) < 4.78 is 12.4. The van der Waals surface area contributed by atoms with Gasteiger partial charge in [-0.15, -0.1) is 0 Å². The Bertz CT molecular complexity index is 1030. The number of hydrogen-bond acceptors (Lipinski definition) is 6. The highest BCUT2D eigenvalue weighted by atomic mass is 16.5. The largest absolute Gasteiger partial charge is 0.490 e. The normalized spacial score (nSPS) is 22.0. The SMILES string of the molecule is CNC[C@@H]1OCCCC[C@@H](C)Oc2ccc(NC(=O)Nc3ccccc3)cc2C(=O)N([C@H](C)CO)C[C@@H]1C. The molecule has 0 saturated heterocycles. The fraction of sp³-hybridized carbons (Fsp3) is 0.517. The van der Waals surface area contributed by atoms with Crippen molar-refractivity contribution in [1.29, 1.82) is 0 Å². The van der Waals surface area contributed by atoms with Gasteiger partial charge in [0, 0.05) is 37.0 Å². The number of fused-ring (bicyclic) bond motifs is 1. The maximum Gasteiger partial charge on any atom is 0.323 e. The summed E-state index contributed by atoms with van der Waals surface area (Å²) >= 11 is 0. The first-order chi connectivity index (χ1) is 18.3. The van der Waals surface area contributed by atoms with Gasteiger partial charge in [0.05, 0.1) is 30.4 Å². The van der Waals surface area contributed by atoms with E-state index in [1.807, 2.05) is 39.1 Å². The van der Waals surface area contributed by atoms with Gasteiger partial charge in [-0.3, -0.25) is 4.79 Å². The van der Waals surface area contributed by atoms with E-state index < -0.39 is 12.1 Å². The fourth-order valence-corrected chi connectivity index (χ4v) is 4.51. The summed E-state index contributed by atoms with van der Waals surface area (Å²) in [5.41, 5.74) is 1.46. The van der Waals surface area contributed by atoms with Crippen LogP contribution in [0.3, 0.4) is 0 Å². The number of anilines is 2. The Hall–Kier alpha value is -3.14. The number of hydrogen-bond donors (Lipinski definition) is 4. The lowest BCUT2D eigenvalue weighted by atomic mass is 10.0. The highest BCUT2D eigenvalue weighted by molar-refractivity contribution is 6.02. The second-order valence-corrected chi connectivity index (χ2v) is 10.0. The van der Waals surface area contributed by atoms with E-state index >= 15 is 0 Å². The fourth-order valence-electron chi connectivity index (χ4n) is 4.51. The molecule has 0 bridgehead atoms. The molecule has 0 spiro atoms. The summed E-state index contributed by atoms with van der Waals surface area (Å²) in [6, 6.07) is 13.4. The number of aliphatic hydroxyl groups excluding tert-OH is 1. The van der Waals surface area contributed by atoms with Crippen molar-refractivity contribution in [2.75, 3.05) is 44.0 Å². The third kappa shape index (κ3) is 8.44. The third-order valence-electron chi connectivity index (χ3n) is 6.75. The molecule has 3 amide bonds. The van der Waals surface area contributed by atoms with Gasteiger partial charge in [0.2, 0.25) is 0 Å². The molecule has 1 aliphatic rings. The van der Waals surface area contributed by atoms with Crippen molar-refractivity contribution in [1.82, 2.24) is 10.2 Å². The predicted molar refractivity (Wildman–Crippen MR) is 150 cm³/mol. The predicted octanol–water partition coefficient (Wildman–Crippen LogP) is 4.35. The van der Waals surface area contributed by atoms with Crippen LogP contribution in [0.2, 0.25) is 0 Å². The summed E-state index contributed by atoms with van der Waals surface area (Å²) in [6.07, 6.45) is 2.49. The maximum absolute atomic E-state index is 14.0. The third-order valence-corrected chi connectivity index (χ3v) is 6.75. The van der Waals surface area contributed by atoms with E-state index in [1.165, 1.54) is 0 Å². The molecule has 2 aromatic rings. The molecule has 0 saturated carbocycles. The van der Waals surface area contributed by atoms with Crippen LogP contribution < -0.4 is 20.7 Å².